The summed E-state index contributed by atoms with van der Waals surface area (Å²) in [5.41, 5.74) is 1.42. The predicted molar refractivity (Wildman–Crippen MR) is 75.8 cm³/mol. The third-order valence-corrected chi connectivity index (χ3v) is 3.92. The average molecular weight is 250 g/mol. The smallest absolute Gasteiger partial charge is 0.0546 e. The summed E-state index contributed by atoms with van der Waals surface area (Å²) in [6.07, 6.45) is 2.14. The summed E-state index contributed by atoms with van der Waals surface area (Å²) in [7, 11) is 3.55. The summed E-state index contributed by atoms with van der Waals surface area (Å²) in [5, 5.41) is 0. The van der Waals surface area contributed by atoms with Gasteiger partial charge >= 0.3 is 0 Å². The van der Waals surface area contributed by atoms with Gasteiger partial charge in [0.15, 0.2) is 0 Å². The molecular weight excluding hydrogens is 224 g/mol. The van der Waals surface area contributed by atoms with E-state index >= 15 is 0 Å². The lowest BCUT2D eigenvalue weighted by molar-refractivity contribution is -0.0261. The summed E-state index contributed by atoms with van der Waals surface area (Å²) in [4.78, 5) is 0. The Morgan fingerprint density at radius 1 is 1.06 bits per heavy atom. The zero-order chi connectivity index (χ0) is 13.4. The molecule has 0 saturated heterocycles. The monoisotopic (exact) mass is 250 g/mol. The van der Waals surface area contributed by atoms with Gasteiger partial charge < -0.3 is 9.47 Å². The van der Waals surface area contributed by atoms with Gasteiger partial charge in [0.2, 0.25) is 0 Å². The van der Waals surface area contributed by atoms with Gasteiger partial charge in [-0.1, -0.05) is 50.6 Å². The number of rotatable bonds is 8. The third kappa shape index (κ3) is 3.82. The SMILES string of the molecule is CCC(C)C(COC)(COC)Cc1ccccc1. The third-order valence-electron chi connectivity index (χ3n) is 3.92. The molecule has 1 rings (SSSR count). The van der Waals surface area contributed by atoms with Crippen LogP contribution in [0.4, 0.5) is 0 Å². The Morgan fingerprint density at radius 3 is 2.06 bits per heavy atom. The quantitative estimate of drug-likeness (QED) is 0.702. The van der Waals surface area contributed by atoms with Crippen LogP contribution >= 0.6 is 0 Å². The van der Waals surface area contributed by atoms with Gasteiger partial charge in [-0.2, -0.15) is 0 Å². The Kier molecular flexibility index (Phi) is 6.37. The van der Waals surface area contributed by atoms with Gasteiger partial charge in [-0.25, -0.2) is 0 Å². The van der Waals surface area contributed by atoms with Crippen molar-refractivity contribution < 1.29 is 9.47 Å². The molecule has 2 heteroatoms. The minimum absolute atomic E-state index is 0.0691. The van der Waals surface area contributed by atoms with E-state index in [1.54, 1.807) is 14.2 Å². The van der Waals surface area contributed by atoms with E-state index in [9.17, 15) is 0 Å². The second-order valence-electron chi connectivity index (χ2n) is 5.20. The molecule has 2 nitrogen and oxygen atoms in total. The van der Waals surface area contributed by atoms with Crippen LogP contribution in [0.3, 0.4) is 0 Å². The second-order valence-corrected chi connectivity index (χ2v) is 5.20. The molecule has 0 spiro atoms. The molecule has 1 atom stereocenters. The number of ether oxygens (including phenoxy) is 2. The summed E-state index contributed by atoms with van der Waals surface area (Å²) < 4.78 is 11.0. The zero-order valence-electron chi connectivity index (χ0n) is 12.1. The van der Waals surface area contributed by atoms with Crippen molar-refractivity contribution in [3.8, 4) is 0 Å². The normalized spacial score (nSPS) is 13.6. The fraction of sp³-hybridized carbons (Fsp3) is 0.625. The van der Waals surface area contributed by atoms with E-state index in [0.29, 0.717) is 5.92 Å². The highest BCUT2D eigenvalue weighted by atomic mass is 16.5. The summed E-state index contributed by atoms with van der Waals surface area (Å²) in [6.45, 7) is 6.01. The van der Waals surface area contributed by atoms with Crippen LogP contribution in [-0.2, 0) is 15.9 Å². The van der Waals surface area contributed by atoms with Crippen LogP contribution < -0.4 is 0 Å². The standard InChI is InChI=1S/C16H26O2/c1-5-14(2)16(12-17-3,13-18-4)11-15-9-7-6-8-10-15/h6-10,14H,5,11-13H2,1-4H3. The topological polar surface area (TPSA) is 18.5 Å². The maximum Gasteiger partial charge on any atom is 0.0546 e. The molecule has 18 heavy (non-hydrogen) atoms. The fourth-order valence-corrected chi connectivity index (χ4v) is 2.61. The predicted octanol–water partition coefficient (Wildman–Crippen LogP) is 3.55. The maximum atomic E-state index is 5.48. The summed E-state index contributed by atoms with van der Waals surface area (Å²) >= 11 is 0. The first-order valence-electron chi connectivity index (χ1n) is 6.70. The van der Waals surface area contributed by atoms with E-state index in [1.165, 1.54) is 5.56 Å². The summed E-state index contributed by atoms with van der Waals surface area (Å²) in [5.74, 6) is 0.567. The van der Waals surface area contributed by atoms with E-state index < -0.39 is 0 Å². The van der Waals surface area contributed by atoms with Crippen LogP contribution in [0.5, 0.6) is 0 Å². The number of hydrogen-bond acceptors (Lipinski definition) is 2. The van der Waals surface area contributed by atoms with E-state index in [1.807, 2.05) is 0 Å². The van der Waals surface area contributed by atoms with Crippen LogP contribution in [0.2, 0.25) is 0 Å². The number of benzene rings is 1. The van der Waals surface area contributed by atoms with Crippen molar-refractivity contribution in [1.29, 1.82) is 0 Å². The minimum atomic E-state index is 0.0691. The van der Waals surface area contributed by atoms with E-state index in [2.05, 4.69) is 44.2 Å². The highest BCUT2D eigenvalue weighted by molar-refractivity contribution is 5.17. The lowest BCUT2D eigenvalue weighted by atomic mass is 9.72. The molecule has 0 heterocycles. The molecule has 0 aliphatic carbocycles. The largest absolute Gasteiger partial charge is 0.384 e. The Balaban J connectivity index is 2.93. The molecule has 0 aliphatic heterocycles. The molecule has 1 aromatic rings. The Bertz CT molecular complexity index is 315. The van der Waals surface area contributed by atoms with Crippen molar-refractivity contribution >= 4 is 0 Å². The number of methoxy groups -OCH3 is 2. The zero-order valence-corrected chi connectivity index (χ0v) is 12.1. The van der Waals surface area contributed by atoms with E-state index in [4.69, 9.17) is 9.47 Å². The van der Waals surface area contributed by atoms with Crippen molar-refractivity contribution in [3.05, 3.63) is 35.9 Å². The molecule has 0 amide bonds. The lowest BCUT2D eigenvalue weighted by Crippen LogP contribution is -2.40. The minimum Gasteiger partial charge on any atom is -0.384 e. The fourth-order valence-electron chi connectivity index (χ4n) is 2.61. The Morgan fingerprint density at radius 2 is 1.61 bits per heavy atom. The molecule has 1 aromatic carbocycles. The van der Waals surface area contributed by atoms with E-state index in [0.717, 1.165) is 26.1 Å². The molecule has 0 saturated carbocycles. The first kappa shape index (κ1) is 15.2. The van der Waals surface area contributed by atoms with Crippen molar-refractivity contribution in [1.82, 2.24) is 0 Å². The first-order chi connectivity index (χ1) is 8.68. The first-order valence-corrected chi connectivity index (χ1v) is 6.70. The molecule has 0 fully saturated rings. The van der Waals surface area contributed by atoms with Gasteiger partial charge in [0.1, 0.15) is 0 Å². The highest BCUT2D eigenvalue weighted by Crippen LogP contribution is 2.34. The molecular formula is C16H26O2. The Hall–Kier alpha value is -0.860. The van der Waals surface area contributed by atoms with Gasteiger partial charge in [0.25, 0.3) is 0 Å². The Labute approximate surface area is 111 Å². The second kappa shape index (κ2) is 7.55. The van der Waals surface area contributed by atoms with Gasteiger partial charge in [0, 0.05) is 19.6 Å². The van der Waals surface area contributed by atoms with Crippen LogP contribution in [0.15, 0.2) is 30.3 Å². The summed E-state index contributed by atoms with van der Waals surface area (Å²) in [6, 6.07) is 10.6. The molecule has 0 aromatic heterocycles. The highest BCUT2D eigenvalue weighted by Gasteiger charge is 2.35. The average Bonchev–Trinajstić information content (AvgIpc) is 2.39. The molecule has 0 radical (unpaired) electrons. The number of hydrogen-bond donors (Lipinski definition) is 0. The van der Waals surface area contributed by atoms with Gasteiger partial charge in [-0.3, -0.25) is 0 Å². The molecule has 0 aliphatic rings. The van der Waals surface area contributed by atoms with Crippen LogP contribution in [0, 0.1) is 11.3 Å². The van der Waals surface area contributed by atoms with Gasteiger partial charge in [-0.05, 0) is 17.9 Å². The van der Waals surface area contributed by atoms with Crippen LogP contribution in [-0.4, -0.2) is 27.4 Å². The molecule has 1 unspecified atom stereocenters. The van der Waals surface area contributed by atoms with Crippen LogP contribution in [0.25, 0.3) is 0 Å². The van der Waals surface area contributed by atoms with Gasteiger partial charge in [0.05, 0.1) is 13.2 Å². The lowest BCUT2D eigenvalue weighted by Gasteiger charge is -2.38. The van der Waals surface area contributed by atoms with Crippen molar-refractivity contribution in [2.45, 2.75) is 26.7 Å². The van der Waals surface area contributed by atoms with Crippen LogP contribution in [0.1, 0.15) is 25.8 Å². The molecule has 102 valence electrons. The molecule has 0 bridgehead atoms. The van der Waals surface area contributed by atoms with Crippen molar-refractivity contribution in [2.24, 2.45) is 11.3 Å². The van der Waals surface area contributed by atoms with Gasteiger partial charge in [-0.15, -0.1) is 0 Å². The maximum absolute atomic E-state index is 5.48. The molecule has 0 N–H and O–H groups in total. The van der Waals surface area contributed by atoms with Crippen molar-refractivity contribution in [2.75, 3.05) is 27.4 Å². The van der Waals surface area contributed by atoms with Crippen molar-refractivity contribution in [3.63, 3.8) is 0 Å². The van der Waals surface area contributed by atoms with E-state index in [-0.39, 0.29) is 5.41 Å².